The molecular weight excluding hydrogens is 486 g/mol. The van der Waals surface area contributed by atoms with Gasteiger partial charge in [-0.2, -0.15) is 0 Å². The molecule has 3 aromatic rings. The molecule has 0 saturated heterocycles. The number of sulfonamides is 1. The Balaban J connectivity index is 2.04. The van der Waals surface area contributed by atoms with Crippen LogP contribution in [0.15, 0.2) is 83.8 Å². The van der Waals surface area contributed by atoms with Crippen molar-refractivity contribution in [2.45, 2.75) is 51.1 Å². The smallest absolute Gasteiger partial charge is 0.264 e. The number of carbonyl (C=O) groups is 2. The van der Waals surface area contributed by atoms with Gasteiger partial charge in [0, 0.05) is 13.6 Å². The zero-order valence-electron chi connectivity index (χ0n) is 22.0. The van der Waals surface area contributed by atoms with Gasteiger partial charge in [-0.15, -0.1) is 0 Å². The molecule has 0 aliphatic carbocycles. The van der Waals surface area contributed by atoms with Crippen molar-refractivity contribution in [1.82, 2.24) is 10.2 Å². The lowest BCUT2D eigenvalue weighted by molar-refractivity contribution is -0.139. The fourth-order valence-corrected chi connectivity index (χ4v) is 5.47. The van der Waals surface area contributed by atoms with Crippen LogP contribution in [0.5, 0.6) is 0 Å². The highest BCUT2D eigenvalue weighted by Crippen LogP contribution is 2.26. The zero-order chi connectivity index (χ0) is 27.2. The third-order valence-corrected chi connectivity index (χ3v) is 8.26. The second-order valence-corrected chi connectivity index (χ2v) is 11.2. The van der Waals surface area contributed by atoms with Gasteiger partial charge in [-0.05, 0) is 60.7 Å². The van der Waals surface area contributed by atoms with Crippen LogP contribution in [0.1, 0.15) is 43.4 Å². The molecule has 0 fully saturated rings. The van der Waals surface area contributed by atoms with E-state index in [1.54, 1.807) is 37.3 Å². The second-order valence-electron chi connectivity index (χ2n) is 9.31. The lowest BCUT2D eigenvalue weighted by Crippen LogP contribution is -2.50. The maximum atomic E-state index is 13.8. The third kappa shape index (κ3) is 6.57. The number of anilines is 1. The van der Waals surface area contributed by atoms with Crippen molar-refractivity contribution in [2.75, 3.05) is 17.9 Å². The maximum absolute atomic E-state index is 13.8. The number of benzene rings is 3. The average Bonchev–Trinajstić information content (AvgIpc) is 2.90. The summed E-state index contributed by atoms with van der Waals surface area (Å²) >= 11 is 0. The molecule has 3 rings (SSSR count). The summed E-state index contributed by atoms with van der Waals surface area (Å²) in [5.74, 6) is -0.541. The summed E-state index contributed by atoms with van der Waals surface area (Å²) in [6.07, 6.45) is 0. The molecule has 2 amide bonds. The van der Waals surface area contributed by atoms with E-state index in [1.165, 1.54) is 24.1 Å². The van der Waals surface area contributed by atoms with E-state index in [0.29, 0.717) is 5.69 Å². The topological polar surface area (TPSA) is 86.8 Å². The number of carbonyl (C=O) groups excluding carboxylic acids is 2. The molecular formula is C29H35N3O4S. The molecule has 1 N–H and O–H groups in total. The molecule has 37 heavy (non-hydrogen) atoms. The van der Waals surface area contributed by atoms with E-state index in [4.69, 9.17) is 0 Å². The first-order valence-corrected chi connectivity index (χ1v) is 13.7. The Morgan fingerprint density at radius 3 is 2.03 bits per heavy atom. The molecule has 8 heteroatoms. The summed E-state index contributed by atoms with van der Waals surface area (Å²) in [5.41, 5.74) is 3.29. The molecule has 0 radical (unpaired) electrons. The van der Waals surface area contributed by atoms with Gasteiger partial charge in [0.2, 0.25) is 11.8 Å². The highest BCUT2D eigenvalue weighted by molar-refractivity contribution is 7.92. The Morgan fingerprint density at radius 2 is 1.46 bits per heavy atom. The first-order valence-electron chi connectivity index (χ1n) is 12.3. The van der Waals surface area contributed by atoms with E-state index in [1.807, 2.05) is 43.3 Å². The van der Waals surface area contributed by atoms with E-state index < -0.39 is 28.5 Å². The van der Waals surface area contributed by atoms with Crippen LogP contribution in [0.25, 0.3) is 0 Å². The fraction of sp³-hybridized carbons (Fsp3) is 0.310. The predicted octanol–water partition coefficient (Wildman–Crippen LogP) is 4.48. The summed E-state index contributed by atoms with van der Waals surface area (Å²) in [4.78, 5) is 27.9. The van der Waals surface area contributed by atoms with Crippen molar-refractivity contribution in [1.29, 1.82) is 0 Å². The van der Waals surface area contributed by atoms with Gasteiger partial charge in [0.15, 0.2) is 0 Å². The van der Waals surface area contributed by atoms with Crippen LogP contribution in [0.4, 0.5) is 5.69 Å². The van der Waals surface area contributed by atoms with Gasteiger partial charge in [0.05, 0.1) is 10.6 Å². The maximum Gasteiger partial charge on any atom is 0.264 e. The molecule has 0 spiro atoms. The Hall–Kier alpha value is -3.65. The number of hydrogen-bond donors (Lipinski definition) is 1. The number of aryl methyl sites for hydroxylation is 1. The van der Waals surface area contributed by atoms with Crippen LogP contribution in [0.3, 0.4) is 0 Å². The summed E-state index contributed by atoms with van der Waals surface area (Å²) in [6.45, 7) is 7.41. The Morgan fingerprint density at radius 1 is 0.865 bits per heavy atom. The summed E-state index contributed by atoms with van der Waals surface area (Å²) in [5, 5.41) is 2.59. The normalized spacial score (nSPS) is 12.2. The number of nitrogens with one attached hydrogen (secondary N) is 1. The van der Waals surface area contributed by atoms with Crippen LogP contribution in [0, 0.1) is 6.92 Å². The first-order chi connectivity index (χ1) is 17.6. The minimum atomic E-state index is -4.06. The van der Waals surface area contributed by atoms with E-state index in [2.05, 4.69) is 19.2 Å². The highest BCUT2D eigenvalue weighted by atomic mass is 32.2. The van der Waals surface area contributed by atoms with Crippen molar-refractivity contribution in [3.05, 3.63) is 95.6 Å². The molecule has 3 aromatic carbocycles. The fourth-order valence-electron chi connectivity index (χ4n) is 4.04. The van der Waals surface area contributed by atoms with Gasteiger partial charge in [-0.3, -0.25) is 13.9 Å². The van der Waals surface area contributed by atoms with Crippen LogP contribution >= 0.6 is 0 Å². The average molecular weight is 522 g/mol. The largest absolute Gasteiger partial charge is 0.357 e. The molecule has 0 aliphatic heterocycles. The zero-order valence-corrected chi connectivity index (χ0v) is 22.8. The molecule has 0 unspecified atom stereocenters. The van der Waals surface area contributed by atoms with Gasteiger partial charge in [-0.25, -0.2) is 8.42 Å². The van der Waals surface area contributed by atoms with Crippen molar-refractivity contribution in [2.24, 2.45) is 0 Å². The minimum absolute atomic E-state index is 0.0838. The van der Waals surface area contributed by atoms with Crippen molar-refractivity contribution in [3.63, 3.8) is 0 Å². The minimum Gasteiger partial charge on any atom is -0.357 e. The monoisotopic (exact) mass is 521 g/mol. The number of rotatable bonds is 10. The lowest BCUT2D eigenvalue weighted by Gasteiger charge is -2.32. The summed E-state index contributed by atoms with van der Waals surface area (Å²) in [6, 6.07) is 22.0. The third-order valence-electron chi connectivity index (χ3n) is 6.47. The molecule has 1 atom stereocenters. The Labute approximate surface area is 220 Å². The standard InChI is InChI=1S/C29H35N3O4S/c1-21(2)24-15-17-26(18-16-24)32(37(35,36)27-13-7-6-8-14-27)20-28(33)31(23(4)29(34)30-5)19-25-12-10-9-11-22(25)3/h6-18,21,23H,19-20H2,1-5H3,(H,30,34)/t23-/m1/s1. The molecule has 0 aromatic heterocycles. The van der Waals surface area contributed by atoms with E-state index >= 15 is 0 Å². The van der Waals surface area contributed by atoms with E-state index in [0.717, 1.165) is 21.0 Å². The number of hydrogen-bond acceptors (Lipinski definition) is 4. The molecule has 196 valence electrons. The summed E-state index contributed by atoms with van der Waals surface area (Å²) in [7, 11) is -2.55. The quantitative estimate of drug-likeness (QED) is 0.426. The van der Waals surface area contributed by atoms with E-state index in [-0.39, 0.29) is 23.3 Å². The van der Waals surface area contributed by atoms with Crippen LogP contribution in [-0.4, -0.2) is 44.8 Å². The predicted molar refractivity (Wildman–Crippen MR) is 147 cm³/mol. The molecule has 7 nitrogen and oxygen atoms in total. The van der Waals surface area contributed by atoms with Crippen LogP contribution in [-0.2, 0) is 26.2 Å². The molecule has 0 heterocycles. The van der Waals surface area contributed by atoms with E-state index in [9.17, 15) is 18.0 Å². The van der Waals surface area contributed by atoms with Crippen LogP contribution in [0.2, 0.25) is 0 Å². The van der Waals surface area contributed by atoms with Gasteiger partial charge in [-0.1, -0.05) is 68.4 Å². The molecule has 0 bridgehead atoms. The Kier molecular flexibility index (Phi) is 9.10. The van der Waals surface area contributed by atoms with Crippen molar-refractivity contribution >= 4 is 27.5 Å². The molecule has 0 saturated carbocycles. The molecule has 0 aliphatic rings. The van der Waals surface area contributed by atoms with Gasteiger partial charge in [0.1, 0.15) is 12.6 Å². The van der Waals surface area contributed by atoms with Gasteiger partial charge >= 0.3 is 0 Å². The second kappa shape index (κ2) is 12.1. The number of nitrogens with zero attached hydrogens (tertiary/aromatic N) is 2. The van der Waals surface area contributed by atoms with Crippen molar-refractivity contribution in [3.8, 4) is 0 Å². The highest BCUT2D eigenvalue weighted by Gasteiger charge is 2.32. The van der Waals surface area contributed by atoms with Gasteiger partial charge in [0.25, 0.3) is 10.0 Å². The SMILES string of the molecule is CNC(=O)[C@@H](C)N(Cc1ccccc1C)C(=O)CN(c1ccc(C(C)C)cc1)S(=O)(=O)c1ccccc1. The van der Waals surface area contributed by atoms with Gasteiger partial charge < -0.3 is 10.2 Å². The number of likely N-dealkylation sites (N-methyl/N-ethyl adjacent to an activating group) is 1. The Bertz CT molecular complexity index is 1320. The van der Waals surface area contributed by atoms with Crippen molar-refractivity contribution < 1.29 is 18.0 Å². The van der Waals surface area contributed by atoms with Crippen LogP contribution < -0.4 is 9.62 Å². The lowest BCUT2D eigenvalue weighted by atomic mass is 10.0. The number of amides is 2. The first kappa shape index (κ1) is 27.9. The summed E-state index contributed by atoms with van der Waals surface area (Å²) < 4.78 is 28.6.